The van der Waals surface area contributed by atoms with Crippen LogP contribution in [-0.4, -0.2) is 28.7 Å². The van der Waals surface area contributed by atoms with Gasteiger partial charge >= 0.3 is 5.97 Å². The number of carbonyl (C=O) groups is 1. The van der Waals surface area contributed by atoms with Crippen molar-refractivity contribution < 1.29 is 14.6 Å². The monoisotopic (exact) mass is 246 g/mol. The molecule has 0 aliphatic heterocycles. The minimum Gasteiger partial charge on any atom is -0.492 e. The Labute approximate surface area is 104 Å². The quantitative estimate of drug-likeness (QED) is 0.833. The van der Waals surface area contributed by atoms with Gasteiger partial charge in [-0.15, -0.1) is 0 Å². The van der Waals surface area contributed by atoms with Crippen molar-refractivity contribution in [3.8, 4) is 5.75 Å². The van der Waals surface area contributed by atoms with Gasteiger partial charge in [0.1, 0.15) is 12.4 Å². The molecule has 0 amide bonds. The van der Waals surface area contributed by atoms with Crippen LogP contribution in [0.3, 0.4) is 0 Å². The van der Waals surface area contributed by atoms with E-state index < -0.39 is 12.0 Å². The highest BCUT2D eigenvalue weighted by Gasteiger charge is 2.08. The second-order valence-electron chi connectivity index (χ2n) is 4.03. The lowest BCUT2D eigenvalue weighted by atomic mass is 10.2. The van der Waals surface area contributed by atoms with Gasteiger partial charge in [0.2, 0.25) is 0 Å². The Morgan fingerprint density at radius 3 is 3.06 bits per heavy atom. The number of fused-ring (bicyclic) bond motifs is 1. The molecule has 2 rings (SSSR count). The number of carboxylic acid groups (broad SMARTS) is 1. The van der Waals surface area contributed by atoms with Gasteiger partial charge in [0.05, 0.1) is 11.9 Å². The number of aromatic nitrogens is 1. The Morgan fingerprint density at radius 1 is 1.44 bits per heavy atom. The number of nitrogens with zero attached hydrogens (tertiary/aromatic N) is 1. The molecule has 1 unspecified atom stereocenters. The third kappa shape index (κ3) is 3.18. The van der Waals surface area contributed by atoms with E-state index >= 15 is 0 Å². The summed E-state index contributed by atoms with van der Waals surface area (Å²) < 4.78 is 5.46. The van der Waals surface area contributed by atoms with E-state index in [0.717, 1.165) is 10.9 Å². The predicted octanol–water partition coefficient (Wildman–Crippen LogP) is 1.42. The first-order valence-electron chi connectivity index (χ1n) is 5.60. The van der Waals surface area contributed by atoms with Crippen LogP contribution in [0.1, 0.15) is 6.42 Å². The summed E-state index contributed by atoms with van der Waals surface area (Å²) in [5.74, 6) is -0.259. The number of hydrogen-bond donors (Lipinski definition) is 2. The molecule has 3 N–H and O–H groups in total. The highest BCUT2D eigenvalue weighted by Crippen LogP contribution is 2.18. The second kappa shape index (κ2) is 5.46. The van der Waals surface area contributed by atoms with Crippen LogP contribution in [0, 0.1) is 0 Å². The summed E-state index contributed by atoms with van der Waals surface area (Å²) in [5, 5.41) is 9.55. The molecule has 0 aliphatic rings. The first-order valence-corrected chi connectivity index (χ1v) is 5.60. The van der Waals surface area contributed by atoms with E-state index in [4.69, 9.17) is 15.6 Å². The van der Waals surface area contributed by atoms with Crippen LogP contribution in [0.4, 0.5) is 0 Å². The molecule has 2 aromatic rings. The van der Waals surface area contributed by atoms with E-state index in [1.54, 1.807) is 12.3 Å². The maximum absolute atomic E-state index is 10.5. The van der Waals surface area contributed by atoms with Crippen LogP contribution < -0.4 is 10.5 Å². The summed E-state index contributed by atoms with van der Waals surface area (Å²) in [4.78, 5) is 14.7. The molecule has 1 heterocycles. The molecule has 5 heteroatoms. The Balaban J connectivity index is 2.01. The van der Waals surface area contributed by atoms with E-state index in [9.17, 15) is 4.79 Å². The van der Waals surface area contributed by atoms with Crippen molar-refractivity contribution in [1.29, 1.82) is 0 Å². The van der Waals surface area contributed by atoms with Gasteiger partial charge in [-0.1, -0.05) is 6.07 Å². The molecule has 1 aromatic heterocycles. The van der Waals surface area contributed by atoms with Crippen molar-refractivity contribution in [1.82, 2.24) is 4.98 Å². The fraction of sp³-hybridized carbons (Fsp3) is 0.231. The molecule has 1 atom stereocenters. The van der Waals surface area contributed by atoms with Gasteiger partial charge in [-0.25, -0.2) is 0 Å². The Hall–Kier alpha value is -2.14. The zero-order valence-electron chi connectivity index (χ0n) is 9.74. The average molecular weight is 246 g/mol. The Kier molecular flexibility index (Phi) is 3.74. The van der Waals surface area contributed by atoms with Crippen LogP contribution in [0.15, 0.2) is 36.5 Å². The van der Waals surface area contributed by atoms with Crippen LogP contribution in [0.2, 0.25) is 0 Å². The molecule has 0 bridgehead atoms. The third-order valence-corrected chi connectivity index (χ3v) is 2.48. The molecule has 5 nitrogen and oxygen atoms in total. The van der Waals surface area contributed by atoms with Crippen LogP contribution >= 0.6 is 0 Å². The van der Waals surface area contributed by atoms with Crippen LogP contribution in [0.25, 0.3) is 10.9 Å². The number of benzene rings is 1. The Bertz CT molecular complexity index is 557. The predicted molar refractivity (Wildman–Crippen MR) is 67.5 cm³/mol. The first-order chi connectivity index (χ1) is 8.65. The molecule has 0 saturated heterocycles. The number of nitrogens with two attached hydrogens (primary N) is 1. The number of carboxylic acids is 1. The van der Waals surface area contributed by atoms with Crippen molar-refractivity contribution >= 4 is 16.9 Å². The van der Waals surface area contributed by atoms with Gasteiger partial charge in [-0.05, 0) is 24.3 Å². The van der Waals surface area contributed by atoms with Gasteiger partial charge < -0.3 is 15.6 Å². The van der Waals surface area contributed by atoms with E-state index in [1.165, 1.54) is 0 Å². The topological polar surface area (TPSA) is 85.4 Å². The molecule has 1 aromatic carbocycles. The molecule has 0 fully saturated rings. The molecule has 0 radical (unpaired) electrons. The lowest BCUT2D eigenvalue weighted by Crippen LogP contribution is -2.30. The number of hydrogen-bond acceptors (Lipinski definition) is 4. The average Bonchev–Trinajstić information content (AvgIpc) is 2.35. The van der Waals surface area contributed by atoms with Crippen molar-refractivity contribution in [3.05, 3.63) is 36.5 Å². The summed E-state index contributed by atoms with van der Waals surface area (Å²) in [5.41, 5.74) is 6.51. The van der Waals surface area contributed by atoms with Crippen molar-refractivity contribution in [2.24, 2.45) is 5.73 Å². The Morgan fingerprint density at radius 2 is 2.28 bits per heavy atom. The normalized spacial score (nSPS) is 12.3. The summed E-state index contributed by atoms with van der Waals surface area (Å²) in [7, 11) is 0. The maximum Gasteiger partial charge on any atom is 0.305 e. The third-order valence-electron chi connectivity index (χ3n) is 2.48. The summed E-state index contributed by atoms with van der Waals surface area (Å²) in [6.07, 6.45) is 1.63. The van der Waals surface area contributed by atoms with Gasteiger partial charge in [0.15, 0.2) is 0 Å². The van der Waals surface area contributed by atoms with E-state index in [2.05, 4.69) is 4.98 Å². The maximum atomic E-state index is 10.5. The van der Waals surface area contributed by atoms with E-state index in [0.29, 0.717) is 5.75 Å². The minimum absolute atomic E-state index is 0.102. The van der Waals surface area contributed by atoms with Gasteiger partial charge in [-0.2, -0.15) is 0 Å². The van der Waals surface area contributed by atoms with E-state index in [1.807, 2.05) is 24.3 Å². The standard InChI is InChI=1S/C13H14N2O3/c14-10(7-13(16)17)8-18-11-3-4-12-9(6-11)2-1-5-15-12/h1-6,10H,7-8,14H2,(H,16,17). The first kappa shape index (κ1) is 12.3. The molecule has 0 aliphatic carbocycles. The highest BCUT2D eigenvalue weighted by molar-refractivity contribution is 5.79. The van der Waals surface area contributed by atoms with Crippen molar-refractivity contribution in [2.45, 2.75) is 12.5 Å². The lowest BCUT2D eigenvalue weighted by Gasteiger charge is -2.11. The van der Waals surface area contributed by atoms with Gasteiger partial charge in [0.25, 0.3) is 0 Å². The molecular weight excluding hydrogens is 232 g/mol. The fourth-order valence-corrected chi connectivity index (χ4v) is 1.63. The largest absolute Gasteiger partial charge is 0.492 e. The fourth-order valence-electron chi connectivity index (χ4n) is 1.63. The van der Waals surface area contributed by atoms with E-state index in [-0.39, 0.29) is 13.0 Å². The number of ether oxygens (including phenoxy) is 1. The zero-order chi connectivity index (χ0) is 13.0. The number of aliphatic carboxylic acids is 1. The van der Waals surface area contributed by atoms with Crippen LogP contribution in [0.5, 0.6) is 5.75 Å². The summed E-state index contributed by atoms with van der Waals surface area (Å²) >= 11 is 0. The molecule has 94 valence electrons. The summed E-state index contributed by atoms with van der Waals surface area (Å²) in [6, 6.07) is 8.79. The van der Waals surface area contributed by atoms with Gasteiger partial charge in [-0.3, -0.25) is 9.78 Å². The molecular formula is C13H14N2O3. The minimum atomic E-state index is -0.922. The molecule has 18 heavy (non-hydrogen) atoms. The lowest BCUT2D eigenvalue weighted by molar-refractivity contribution is -0.137. The molecule has 0 spiro atoms. The number of rotatable bonds is 5. The van der Waals surface area contributed by atoms with Crippen LogP contribution in [-0.2, 0) is 4.79 Å². The SMILES string of the molecule is NC(COc1ccc2ncccc2c1)CC(=O)O. The molecule has 0 saturated carbocycles. The van der Waals surface area contributed by atoms with Crippen molar-refractivity contribution in [3.63, 3.8) is 0 Å². The second-order valence-corrected chi connectivity index (χ2v) is 4.03. The highest BCUT2D eigenvalue weighted by atomic mass is 16.5. The smallest absolute Gasteiger partial charge is 0.305 e. The zero-order valence-corrected chi connectivity index (χ0v) is 9.74. The summed E-state index contributed by atoms with van der Waals surface area (Å²) in [6.45, 7) is 0.179. The van der Waals surface area contributed by atoms with Crippen molar-refractivity contribution in [2.75, 3.05) is 6.61 Å². The number of pyridine rings is 1. The van der Waals surface area contributed by atoms with Gasteiger partial charge in [0, 0.05) is 17.6 Å².